The molecule has 0 saturated carbocycles. The average molecular weight is 240 g/mol. The molecule has 1 aromatic rings. The molecule has 0 bridgehead atoms. The molecule has 0 saturated heterocycles. The first-order valence-corrected chi connectivity index (χ1v) is 5.79. The van der Waals surface area contributed by atoms with Crippen molar-refractivity contribution in [2.24, 2.45) is 0 Å². The Morgan fingerprint density at radius 3 is 2.53 bits per heavy atom. The molecule has 1 aromatic carbocycles. The lowest BCUT2D eigenvalue weighted by molar-refractivity contribution is 0.332. The fourth-order valence-corrected chi connectivity index (χ4v) is 1.98. The summed E-state index contributed by atoms with van der Waals surface area (Å²) in [5, 5.41) is 12.5. The van der Waals surface area contributed by atoms with E-state index in [4.69, 9.17) is 5.11 Å². The summed E-state index contributed by atoms with van der Waals surface area (Å²) in [5.74, 6) is -0.415. The van der Waals surface area contributed by atoms with Crippen LogP contribution in [-0.4, -0.2) is 36.7 Å². The van der Waals surface area contributed by atoms with E-state index in [1.807, 2.05) is 21.0 Å². The molecule has 2 unspecified atom stereocenters. The van der Waals surface area contributed by atoms with Gasteiger partial charge in [0, 0.05) is 30.3 Å². The van der Waals surface area contributed by atoms with Crippen LogP contribution in [0.5, 0.6) is 5.75 Å². The lowest BCUT2D eigenvalue weighted by Gasteiger charge is -2.23. The van der Waals surface area contributed by atoms with E-state index in [1.165, 1.54) is 6.07 Å². The maximum absolute atomic E-state index is 13.6. The predicted octanol–water partition coefficient (Wildman–Crippen LogP) is 2.13. The number of phenolic OH excluding ortho intramolecular Hbond substituents is 1. The minimum absolute atomic E-state index is 0.0419. The van der Waals surface area contributed by atoms with Gasteiger partial charge in [0.1, 0.15) is 11.6 Å². The molecule has 0 aliphatic rings. The first-order valence-electron chi connectivity index (χ1n) is 5.79. The predicted molar refractivity (Wildman–Crippen MR) is 67.6 cm³/mol. The van der Waals surface area contributed by atoms with Crippen molar-refractivity contribution in [2.75, 3.05) is 20.6 Å². The number of hydrogen-bond acceptors (Lipinski definition) is 3. The Morgan fingerprint density at radius 2 is 2.00 bits per heavy atom. The van der Waals surface area contributed by atoms with Crippen LogP contribution in [0.2, 0.25) is 0 Å². The Balaban J connectivity index is 2.66. The maximum Gasteiger partial charge on any atom is 0.131 e. The Hall–Kier alpha value is -1.13. The average Bonchev–Trinajstić information content (AvgIpc) is 2.15. The summed E-state index contributed by atoms with van der Waals surface area (Å²) in [6.07, 6.45) is 0. The van der Waals surface area contributed by atoms with Gasteiger partial charge >= 0.3 is 0 Å². The first kappa shape index (κ1) is 13.9. The van der Waals surface area contributed by atoms with Gasteiger partial charge in [0.05, 0.1) is 0 Å². The normalized spacial score (nSPS) is 14.9. The lowest BCUT2D eigenvalue weighted by atomic mass is 10.1. The number of phenols is 1. The van der Waals surface area contributed by atoms with Crippen molar-refractivity contribution >= 4 is 0 Å². The van der Waals surface area contributed by atoms with Crippen LogP contribution in [0.4, 0.5) is 4.39 Å². The second kappa shape index (κ2) is 5.98. The molecule has 2 atom stereocenters. The second-order valence-electron chi connectivity index (χ2n) is 4.76. The summed E-state index contributed by atoms with van der Waals surface area (Å²) in [6.45, 7) is 4.88. The molecule has 0 aliphatic heterocycles. The Bertz CT molecular complexity index is 368. The molecule has 0 aliphatic carbocycles. The van der Waals surface area contributed by atoms with E-state index in [0.717, 1.165) is 12.6 Å². The minimum atomic E-state index is -0.373. The minimum Gasteiger partial charge on any atom is -0.508 e. The van der Waals surface area contributed by atoms with Crippen LogP contribution in [0, 0.1) is 5.82 Å². The van der Waals surface area contributed by atoms with Crippen molar-refractivity contribution in [1.82, 2.24) is 10.2 Å². The van der Waals surface area contributed by atoms with Crippen LogP contribution in [0.1, 0.15) is 25.5 Å². The summed E-state index contributed by atoms with van der Waals surface area (Å²) in [4.78, 5) is 2.08. The molecular formula is C13H21FN2O. The Morgan fingerprint density at radius 1 is 1.35 bits per heavy atom. The van der Waals surface area contributed by atoms with Crippen LogP contribution in [0.3, 0.4) is 0 Å². The van der Waals surface area contributed by atoms with Gasteiger partial charge in [-0.15, -0.1) is 0 Å². The highest BCUT2D eigenvalue weighted by Gasteiger charge is 2.14. The smallest absolute Gasteiger partial charge is 0.131 e. The van der Waals surface area contributed by atoms with Crippen LogP contribution >= 0.6 is 0 Å². The number of nitrogens with zero attached hydrogens (tertiary/aromatic N) is 1. The van der Waals surface area contributed by atoms with Gasteiger partial charge in [0.2, 0.25) is 0 Å². The lowest BCUT2D eigenvalue weighted by Crippen LogP contribution is -2.37. The number of halogens is 1. The van der Waals surface area contributed by atoms with Gasteiger partial charge in [0.15, 0.2) is 0 Å². The van der Waals surface area contributed by atoms with Gasteiger partial charge in [-0.1, -0.05) is 6.07 Å². The van der Waals surface area contributed by atoms with Gasteiger partial charge in [-0.3, -0.25) is 0 Å². The van der Waals surface area contributed by atoms with Gasteiger partial charge in [-0.05, 0) is 34.0 Å². The van der Waals surface area contributed by atoms with Gasteiger partial charge < -0.3 is 15.3 Å². The van der Waals surface area contributed by atoms with Crippen molar-refractivity contribution < 1.29 is 9.50 Å². The third-order valence-corrected chi connectivity index (χ3v) is 2.62. The van der Waals surface area contributed by atoms with E-state index < -0.39 is 0 Å². The highest BCUT2D eigenvalue weighted by atomic mass is 19.1. The molecule has 0 radical (unpaired) electrons. The molecular weight excluding hydrogens is 219 g/mol. The third kappa shape index (κ3) is 4.32. The van der Waals surface area contributed by atoms with E-state index in [2.05, 4.69) is 17.1 Å². The second-order valence-corrected chi connectivity index (χ2v) is 4.76. The highest BCUT2D eigenvalue weighted by Crippen LogP contribution is 2.21. The van der Waals surface area contributed by atoms with E-state index in [0.29, 0.717) is 5.56 Å². The number of aromatic hydroxyl groups is 1. The van der Waals surface area contributed by atoms with Crippen molar-refractivity contribution in [3.8, 4) is 5.75 Å². The van der Waals surface area contributed by atoms with E-state index in [9.17, 15) is 4.39 Å². The molecule has 17 heavy (non-hydrogen) atoms. The monoisotopic (exact) mass is 240 g/mol. The van der Waals surface area contributed by atoms with Crippen LogP contribution < -0.4 is 5.32 Å². The summed E-state index contributed by atoms with van der Waals surface area (Å²) < 4.78 is 13.6. The van der Waals surface area contributed by atoms with Gasteiger partial charge in [-0.25, -0.2) is 4.39 Å². The molecule has 1 rings (SSSR count). The zero-order valence-corrected chi connectivity index (χ0v) is 10.9. The highest BCUT2D eigenvalue weighted by molar-refractivity contribution is 5.29. The largest absolute Gasteiger partial charge is 0.508 e. The van der Waals surface area contributed by atoms with Crippen LogP contribution in [-0.2, 0) is 0 Å². The zero-order chi connectivity index (χ0) is 13.0. The molecule has 2 N–H and O–H groups in total. The van der Waals surface area contributed by atoms with Crippen LogP contribution in [0.15, 0.2) is 18.2 Å². The van der Waals surface area contributed by atoms with Crippen LogP contribution in [0.25, 0.3) is 0 Å². The van der Waals surface area contributed by atoms with E-state index >= 15 is 0 Å². The maximum atomic E-state index is 13.6. The SMILES string of the molecule is CC(CN(C)C)NC(C)c1ccc(O)cc1F. The van der Waals surface area contributed by atoms with E-state index in [-0.39, 0.29) is 23.7 Å². The molecule has 3 nitrogen and oxygen atoms in total. The zero-order valence-electron chi connectivity index (χ0n) is 10.9. The number of rotatable bonds is 5. The Labute approximate surface area is 102 Å². The van der Waals surface area contributed by atoms with Gasteiger partial charge in [0.25, 0.3) is 0 Å². The topological polar surface area (TPSA) is 35.5 Å². The Kier molecular flexibility index (Phi) is 4.90. The number of nitrogens with one attached hydrogen (secondary N) is 1. The fourth-order valence-electron chi connectivity index (χ4n) is 1.98. The fraction of sp³-hybridized carbons (Fsp3) is 0.538. The van der Waals surface area contributed by atoms with Crippen molar-refractivity contribution in [3.63, 3.8) is 0 Å². The summed E-state index contributed by atoms with van der Waals surface area (Å²) in [5.41, 5.74) is 0.577. The molecule has 0 heterocycles. The summed E-state index contributed by atoms with van der Waals surface area (Å²) in [6, 6.07) is 4.46. The standard InChI is InChI=1S/C13H21FN2O/c1-9(8-16(3)4)15-10(2)12-6-5-11(17)7-13(12)14/h5-7,9-10,15,17H,8H2,1-4H3. The number of hydrogen-bond donors (Lipinski definition) is 2. The van der Waals surface area contributed by atoms with Crippen molar-refractivity contribution in [2.45, 2.75) is 25.9 Å². The first-order chi connectivity index (χ1) is 7.90. The molecule has 0 spiro atoms. The molecule has 0 amide bonds. The number of likely N-dealkylation sites (N-methyl/N-ethyl adjacent to an activating group) is 1. The van der Waals surface area contributed by atoms with Crippen molar-refractivity contribution in [1.29, 1.82) is 0 Å². The third-order valence-electron chi connectivity index (χ3n) is 2.62. The summed E-state index contributed by atoms with van der Waals surface area (Å²) in [7, 11) is 4.01. The summed E-state index contributed by atoms with van der Waals surface area (Å²) >= 11 is 0. The molecule has 0 aromatic heterocycles. The number of benzene rings is 1. The molecule has 0 fully saturated rings. The van der Waals surface area contributed by atoms with E-state index in [1.54, 1.807) is 6.07 Å². The quantitative estimate of drug-likeness (QED) is 0.827. The van der Waals surface area contributed by atoms with Crippen molar-refractivity contribution in [3.05, 3.63) is 29.6 Å². The molecule has 4 heteroatoms. The van der Waals surface area contributed by atoms with Gasteiger partial charge in [-0.2, -0.15) is 0 Å². The molecule has 96 valence electrons.